The number of ether oxygens (including phenoxy) is 1. The van der Waals surface area contributed by atoms with Crippen LogP contribution in [-0.2, 0) is 4.74 Å². The maximum Gasteiger partial charge on any atom is 0.410 e. The number of fused-ring (bicyclic) bond motifs is 1. The number of hydrogen-bond donors (Lipinski definition) is 0. The highest BCUT2D eigenvalue weighted by Crippen LogP contribution is 2.23. The fraction of sp³-hybridized carbons (Fsp3) is 0.625. The van der Waals surface area contributed by atoms with Crippen LogP contribution in [0.5, 0.6) is 0 Å². The van der Waals surface area contributed by atoms with E-state index in [2.05, 4.69) is 12.2 Å². The largest absolute Gasteiger partial charge is 0.444 e. The summed E-state index contributed by atoms with van der Waals surface area (Å²) in [7, 11) is 0. The van der Waals surface area contributed by atoms with Gasteiger partial charge < -0.3 is 4.74 Å². The molecule has 11 heavy (non-hydrogen) atoms. The number of amides is 1. The molecule has 0 bridgehead atoms. The first-order chi connectivity index (χ1) is 5.29. The zero-order valence-electron chi connectivity index (χ0n) is 6.49. The molecule has 2 rings (SSSR count). The van der Waals surface area contributed by atoms with E-state index in [-0.39, 0.29) is 18.2 Å². The van der Waals surface area contributed by atoms with Crippen LogP contribution in [0.15, 0.2) is 12.2 Å². The summed E-state index contributed by atoms with van der Waals surface area (Å²) < 4.78 is 5.04. The molecule has 0 aromatic carbocycles. The van der Waals surface area contributed by atoms with Gasteiger partial charge in [0, 0.05) is 6.54 Å². The van der Waals surface area contributed by atoms with Gasteiger partial charge in [-0.15, -0.1) is 0 Å². The van der Waals surface area contributed by atoms with Crippen molar-refractivity contribution in [3.05, 3.63) is 12.2 Å². The molecule has 0 aromatic heterocycles. The molecular formula is C8H11NO2. The zero-order valence-corrected chi connectivity index (χ0v) is 6.49. The Balaban J connectivity index is 2.24. The van der Waals surface area contributed by atoms with Gasteiger partial charge in [0.05, 0.1) is 6.04 Å². The predicted octanol–water partition coefficient (Wildman–Crippen LogP) is 1.16. The minimum Gasteiger partial charge on any atom is -0.444 e. The summed E-state index contributed by atoms with van der Waals surface area (Å²) in [4.78, 5) is 12.9. The van der Waals surface area contributed by atoms with Crippen molar-refractivity contribution in [2.45, 2.75) is 25.5 Å². The molecule has 1 saturated heterocycles. The molecule has 3 heteroatoms. The van der Waals surface area contributed by atoms with Gasteiger partial charge in [-0.1, -0.05) is 12.2 Å². The third kappa shape index (κ3) is 0.914. The first-order valence-corrected chi connectivity index (χ1v) is 3.93. The zero-order chi connectivity index (χ0) is 7.84. The standard InChI is InChI=1S/C8H11NO2/c1-6-7-4-2-3-5-9(7)8(10)11-6/h2,4,6-7H,3,5H2,1H3/t6-,7?/m1/s1. The molecule has 0 radical (unpaired) electrons. The fourth-order valence-electron chi connectivity index (χ4n) is 1.62. The van der Waals surface area contributed by atoms with E-state index in [0.29, 0.717) is 0 Å². The Kier molecular flexibility index (Phi) is 1.37. The number of cyclic esters (lactones) is 1. The molecule has 1 unspecified atom stereocenters. The average Bonchev–Trinajstić information content (AvgIpc) is 2.30. The highest BCUT2D eigenvalue weighted by atomic mass is 16.6. The molecule has 2 heterocycles. The first kappa shape index (κ1) is 6.70. The third-order valence-electron chi connectivity index (χ3n) is 2.23. The molecule has 0 saturated carbocycles. The summed E-state index contributed by atoms with van der Waals surface area (Å²) in [6.07, 6.45) is 4.99. The van der Waals surface area contributed by atoms with Gasteiger partial charge in [0.2, 0.25) is 0 Å². The van der Waals surface area contributed by atoms with Crippen molar-refractivity contribution >= 4 is 6.09 Å². The van der Waals surface area contributed by atoms with E-state index in [4.69, 9.17) is 4.74 Å². The van der Waals surface area contributed by atoms with E-state index in [1.807, 2.05) is 6.92 Å². The van der Waals surface area contributed by atoms with E-state index in [0.717, 1.165) is 13.0 Å². The molecule has 1 fully saturated rings. The Morgan fingerprint density at radius 3 is 3.27 bits per heavy atom. The fourth-order valence-corrected chi connectivity index (χ4v) is 1.62. The van der Waals surface area contributed by atoms with Gasteiger partial charge in [0.15, 0.2) is 0 Å². The van der Waals surface area contributed by atoms with Crippen molar-refractivity contribution in [3.63, 3.8) is 0 Å². The van der Waals surface area contributed by atoms with Crippen molar-refractivity contribution in [2.75, 3.05) is 6.54 Å². The van der Waals surface area contributed by atoms with Gasteiger partial charge in [-0.2, -0.15) is 0 Å². The van der Waals surface area contributed by atoms with E-state index < -0.39 is 0 Å². The van der Waals surface area contributed by atoms with Crippen molar-refractivity contribution in [1.82, 2.24) is 4.90 Å². The van der Waals surface area contributed by atoms with Crippen LogP contribution in [0.1, 0.15) is 13.3 Å². The maximum absolute atomic E-state index is 11.1. The normalized spacial score (nSPS) is 35.4. The van der Waals surface area contributed by atoms with E-state index >= 15 is 0 Å². The van der Waals surface area contributed by atoms with Crippen LogP contribution in [0, 0.1) is 0 Å². The first-order valence-electron chi connectivity index (χ1n) is 3.93. The number of hydrogen-bond acceptors (Lipinski definition) is 2. The summed E-state index contributed by atoms with van der Waals surface area (Å²) in [5.74, 6) is 0. The second-order valence-electron chi connectivity index (χ2n) is 2.99. The van der Waals surface area contributed by atoms with Crippen molar-refractivity contribution < 1.29 is 9.53 Å². The third-order valence-corrected chi connectivity index (χ3v) is 2.23. The van der Waals surface area contributed by atoms with Crippen LogP contribution >= 0.6 is 0 Å². The van der Waals surface area contributed by atoms with E-state index in [1.165, 1.54) is 0 Å². The Hall–Kier alpha value is -0.990. The van der Waals surface area contributed by atoms with Crippen molar-refractivity contribution in [1.29, 1.82) is 0 Å². The van der Waals surface area contributed by atoms with E-state index in [1.54, 1.807) is 4.90 Å². The lowest BCUT2D eigenvalue weighted by Gasteiger charge is -2.22. The van der Waals surface area contributed by atoms with Crippen LogP contribution in [0.25, 0.3) is 0 Å². The minimum absolute atomic E-state index is 0.0269. The Bertz CT molecular complexity index is 212. The van der Waals surface area contributed by atoms with Gasteiger partial charge in [0.25, 0.3) is 0 Å². The van der Waals surface area contributed by atoms with E-state index in [9.17, 15) is 4.79 Å². The smallest absolute Gasteiger partial charge is 0.410 e. The van der Waals surface area contributed by atoms with Crippen LogP contribution < -0.4 is 0 Å². The van der Waals surface area contributed by atoms with Gasteiger partial charge in [0.1, 0.15) is 6.10 Å². The molecule has 2 atom stereocenters. The molecule has 0 aromatic rings. The molecule has 0 N–H and O–H groups in total. The number of nitrogens with zero attached hydrogens (tertiary/aromatic N) is 1. The lowest BCUT2D eigenvalue weighted by atomic mass is 10.1. The highest BCUT2D eigenvalue weighted by molar-refractivity contribution is 5.71. The molecule has 3 nitrogen and oxygen atoms in total. The SMILES string of the molecule is C[C@H]1OC(=O)N2CCC=CC12. The summed E-state index contributed by atoms with van der Waals surface area (Å²) >= 11 is 0. The second kappa shape index (κ2) is 2.26. The molecule has 2 aliphatic rings. The lowest BCUT2D eigenvalue weighted by molar-refractivity contribution is 0.138. The van der Waals surface area contributed by atoms with Crippen LogP contribution in [0.4, 0.5) is 4.79 Å². The van der Waals surface area contributed by atoms with Gasteiger partial charge in [-0.3, -0.25) is 4.90 Å². The van der Waals surface area contributed by atoms with Crippen LogP contribution in [0.3, 0.4) is 0 Å². The Morgan fingerprint density at radius 2 is 2.55 bits per heavy atom. The Morgan fingerprint density at radius 1 is 1.73 bits per heavy atom. The predicted molar refractivity (Wildman–Crippen MR) is 40.2 cm³/mol. The lowest BCUT2D eigenvalue weighted by Crippen LogP contribution is -2.36. The van der Waals surface area contributed by atoms with Crippen LogP contribution in [-0.4, -0.2) is 29.7 Å². The maximum atomic E-state index is 11.1. The molecule has 60 valence electrons. The number of carbonyl (C=O) groups is 1. The number of rotatable bonds is 0. The summed E-state index contributed by atoms with van der Waals surface area (Å²) in [6, 6.07) is 0.191. The summed E-state index contributed by atoms with van der Waals surface area (Å²) in [5.41, 5.74) is 0. The highest BCUT2D eigenvalue weighted by Gasteiger charge is 2.37. The quantitative estimate of drug-likeness (QED) is 0.489. The van der Waals surface area contributed by atoms with Gasteiger partial charge in [-0.05, 0) is 13.3 Å². The molecule has 2 aliphatic heterocycles. The second-order valence-corrected chi connectivity index (χ2v) is 2.99. The van der Waals surface area contributed by atoms with Crippen molar-refractivity contribution in [2.24, 2.45) is 0 Å². The molecule has 0 spiro atoms. The topological polar surface area (TPSA) is 29.5 Å². The molecular weight excluding hydrogens is 142 g/mol. The number of carbonyl (C=O) groups excluding carboxylic acids is 1. The average molecular weight is 153 g/mol. The summed E-state index contributed by atoms with van der Waals surface area (Å²) in [5, 5.41) is 0. The molecule has 0 aliphatic carbocycles. The van der Waals surface area contributed by atoms with Gasteiger partial charge in [-0.25, -0.2) is 4.79 Å². The molecule has 1 amide bonds. The summed E-state index contributed by atoms with van der Waals surface area (Å²) in [6.45, 7) is 2.74. The van der Waals surface area contributed by atoms with Crippen molar-refractivity contribution in [3.8, 4) is 0 Å². The monoisotopic (exact) mass is 153 g/mol. The van der Waals surface area contributed by atoms with Crippen LogP contribution in [0.2, 0.25) is 0 Å². The van der Waals surface area contributed by atoms with Gasteiger partial charge >= 0.3 is 6.09 Å². The Labute approximate surface area is 65.6 Å². The minimum atomic E-state index is -0.160.